The van der Waals surface area contributed by atoms with Crippen LogP contribution in [-0.2, 0) is 4.79 Å². The first-order valence-electron chi connectivity index (χ1n) is 11.7. The number of anilines is 2. The molecule has 2 atom stereocenters. The number of hydrogen-bond donors (Lipinski definition) is 2. The SMILES string of the molecule is C[Si](C)(C)C1=C2CCCC[C@H]2[C@](C#N)(C(=O)Nc2ccccc2)/C1=N\C(=O)Nc1ccccc1. The molecule has 4 rings (SSSR count). The number of allylic oxidation sites excluding steroid dienone is 2. The van der Waals surface area contributed by atoms with E-state index in [9.17, 15) is 14.9 Å². The molecular formula is C27H30N4O2Si. The van der Waals surface area contributed by atoms with Crippen LogP contribution in [0.3, 0.4) is 0 Å². The topological polar surface area (TPSA) is 94.3 Å². The Bertz CT molecular complexity index is 1190. The third-order valence-electron chi connectivity index (χ3n) is 6.62. The lowest BCUT2D eigenvalue weighted by atomic mass is 9.69. The Kier molecular flexibility index (Phi) is 6.53. The second kappa shape index (κ2) is 9.39. The Morgan fingerprint density at radius 2 is 1.56 bits per heavy atom. The van der Waals surface area contributed by atoms with Crippen LogP contribution in [0.2, 0.25) is 19.6 Å². The molecule has 0 saturated heterocycles. The van der Waals surface area contributed by atoms with E-state index in [1.54, 1.807) is 24.3 Å². The van der Waals surface area contributed by atoms with Crippen molar-refractivity contribution in [2.24, 2.45) is 16.3 Å². The average Bonchev–Trinajstić information content (AvgIpc) is 3.10. The fraction of sp³-hybridized carbons (Fsp3) is 0.333. The Hall–Kier alpha value is -3.50. The summed E-state index contributed by atoms with van der Waals surface area (Å²) >= 11 is 0. The summed E-state index contributed by atoms with van der Waals surface area (Å²) in [4.78, 5) is 31.5. The molecule has 2 aliphatic carbocycles. The minimum atomic E-state index is -2.06. The van der Waals surface area contributed by atoms with Gasteiger partial charge in [-0.05, 0) is 48.7 Å². The normalized spacial score (nSPS) is 23.2. The van der Waals surface area contributed by atoms with Gasteiger partial charge in [-0.15, -0.1) is 0 Å². The van der Waals surface area contributed by atoms with E-state index >= 15 is 0 Å². The predicted molar refractivity (Wildman–Crippen MR) is 138 cm³/mol. The smallest absolute Gasteiger partial charge is 0.324 e. The Labute approximate surface area is 201 Å². The lowest BCUT2D eigenvalue weighted by Gasteiger charge is -2.32. The van der Waals surface area contributed by atoms with Crippen LogP contribution in [0.15, 0.2) is 76.4 Å². The molecule has 0 spiro atoms. The summed E-state index contributed by atoms with van der Waals surface area (Å²) in [5, 5.41) is 17.4. The molecule has 2 aromatic rings. The Morgan fingerprint density at radius 1 is 0.971 bits per heavy atom. The second-order valence-corrected chi connectivity index (χ2v) is 14.9. The number of aliphatic imine (C=N–C) groups is 1. The zero-order valence-corrected chi connectivity index (χ0v) is 20.9. The van der Waals surface area contributed by atoms with Gasteiger partial charge in [-0.25, -0.2) is 4.79 Å². The Balaban J connectivity index is 1.84. The number of amides is 3. The zero-order chi connectivity index (χ0) is 24.3. The maximum absolute atomic E-state index is 13.9. The standard InChI is InChI=1S/C27H30N4O2Si/c1-34(2,3)23-21-16-10-11-17-22(21)27(18-28,25(32)29-19-12-6-4-7-13-19)24(23)31-26(33)30-20-14-8-5-9-15-20/h4-9,12-15,22H,10-11,16-17H2,1-3H3,(H,29,32)(H,30,33)/b31-24-/t22-,27+/m1/s1. The number of nitrogens with one attached hydrogen (secondary N) is 2. The van der Waals surface area contributed by atoms with Gasteiger partial charge in [0.15, 0.2) is 5.41 Å². The molecule has 2 N–H and O–H groups in total. The molecule has 0 heterocycles. The van der Waals surface area contributed by atoms with Gasteiger partial charge in [0.1, 0.15) is 0 Å². The van der Waals surface area contributed by atoms with Crippen molar-refractivity contribution in [1.82, 2.24) is 0 Å². The lowest BCUT2D eigenvalue weighted by molar-refractivity contribution is -0.121. The highest BCUT2D eigenvalue weighted by Crippen LogP contribution is 2.53. The quantitative estimate of drug-likeness (QED) is 0.522. The van der Waals surface area contributed by atoms with Gasteiger partial charge in [-0.2, -0.15) is 10.3 Å². The van der Waals surface area contributed by atoms with Crippen molar-refractivity contribution < 1.29 is 9.59 Å². The van der Waals surface area contributed by atoms with Crippen LogP contribution in [-0.4, -0.2) is 25.7 Å². The van der Waals surface area contributed by atoms with E-state index < -0.39 is 25.4 Å². The number of carbonyl (C=O) groups is 2. The highest BCUT2D eigenvalue weighted by molar-refractivity contribution is 6.88. The number of fused-ring (bicyclic) bond motifs is 1. The van der Waals surface area contributed by atoms with Gasteiger partial charge in [0.2, 0.25) is 0 Å². The number of hydrogen-bond acceptors (Lipinski definition) is 3. The summed E-state index contributed by atoms with van der Waals surface area (Å²) in [5.41, 5.74) is 1.20. The van der Waals surface area contributed by atoms with E-state index in [1.807, 2.05) is 36.4 Å². The molecule has 0 unspecified atom stereocenters. The maximum atomic E-state index is 13.9. The number of rotatable bonds is 4. The number of nitriles is 1. The molecule has 2 aliphatic rings. The van der Waals surface area contributed by atoms with E-state index in [4.69, 9.17) is 0 Å². The molecule has 0 radical (unpaired) electrons. The monoisotopic (exact) mass is 470 g/mol. The molecule has 7 heteroatoms. The molecule has 3 amide bonds. The predicted octanol–water partition coefficient (Wildman–Crippen LogP) is 6.19. The summed E-state index contributed by atoms with van der Waals surface area (Å²) in [6, 6.07) is 20.0. The number of nitrogens with zero attached hydrogens (tertiary/aromatic N) is 2. The van der Waals surface area contributed by atoms with E-state index in [1.165, 1.54) is 0 Å². The third-order valence-corrected chi connectivity index (χ3v) is 8.68. The van der Waals surface area contributed by atoms with Crippen molar-refractivity contribution in [3.63, 3.8) is 0 Å². The lowest BCUT2D eigenvalue weighted by Crippen LogP contribution is -2.47. The summed E-state index contributed by atoms with van der Waals surface area (Å²) in [6.45, 7) is 6.57. The molecule has 1 fully saturated rings. The third kappa shape index (κ3) is 4.34. The molecule has 0 bridgehead atoms. The van der Waals surface area contributed by atoms with Gasteiger partial charge in [0, 0.05) is 17.3 Å². The van der Waals surface area contributed by atoms with Gasteiger partial charge >= 0.3 is 6.03 Å². The van der Waals surface area contributed by atoms with Crippen molar-refractivity contribution in [2.75, 3.05) is 10.6 Å². The zero-order valence-electron chi connectivity index (χ0n) is 19.9. The number of para-hydroxylation sites is 2. The van der Waals surface area contributed by atoms with E-state index in [2.05, 4.69) is 41.3 Å². The highest BCUT2D eigenvalue weighted by Gasteiger charge is 2.60. The van der Waals surface area contributed by atoms with E-state index in [0.29, 0.717) is 17.1 Å². The van der Waals surface area contributed by atoms with Crippen LogP contribution < -0.4 is 10.6 Å². The molecule has 0 aliphatic heterocycles. The van der Waals surface area contributed by atoms with Crippen LogP contribution >= 0.6 is 0 Å². The van der Waals surface area contributed by atoms with Crippen molar-refractivity contribution in [1.29, 1.82) is 5.26 Å². The maximum Gasteiger partial charge on any atom is 0.345 e. The van der Waals surface area contributed by atoms with Crippen molar-refractivity contribution in [3.8, 4) is 6.07 Å². The largest absolute Gasteiger partial charge is 0.345 e. The number of urea groups is 1. The van der Waals surface area contributed by atoms with Crippen molar-refractivity contribution >= 4 is 37.1 Å². The first kappa shape index (κ1) is 23.6. The number of benzene rings is 2. The Morgan fingerprint density at radius 3 is 2.12 bits per heavy atom. The van der Waals surface area contributed by atoms with Crippen LogP contribution in [0.5, 0.6) is 0 Å². The van der Waals surface area contributed by atoms with Crippen molar-refractivity contribution in [2.45, 2.75) is 45.3 Å². The van der Waals surface area contributed by atoms with E-state index in [-0.39, 0.29) is 5.92 Å². The fourth-order valence-electron chi connectivity index (χ4n) is 5.26. The van der Waals surface area contributed by atoms with E-state index in [0.717, 1.165) is 36.5 Å². The summed E-state index contributed by atoms with van der Waals surface area (Å²) in [6.07, 6.45) is 3.54. The first-order valence-corrected chi connectivity index (χ1v) is 15.2. The van der Waals surface area contributed by atoms with Gasteiger partial charge in [-0.3, -0.25) is 4.79 Å². The van der Waals surface area contributed by atoms with Crippen LogP contribution in [0.4, 0.5) is 16.2 Å². The summed E-state index contributed by atoms with van der Waals surface area (Å²) < 4.78 is 0. The molecule has 2 aromatic carbocycles. The van der Waals surface area contributed by atoms with Gasteiger partial charge < -0.3 is 10.6 Å². The van der Waals surface area contributed by atoms with Crippen molar-refractivity contribution in [3.05, 3.63) is 71.4 Å². The van der Waals surface area contributed by atoms with Gasteiger partial charge in [-0.1, -0.05) is 68.0 Å². The second-order valence-electron chi connectivity index (χ2n) is 9.95. The summed E-state index contributed by atoms with van der Waals surface area (Å²) in [5.74, 6) is -0.676. The molecule has 174 valence electrons. The minimum absolute atomic E-state index is 0.264. The average molecular weight is 471 g/mol. The highest BCUT2D eigenvalue weighted by atomic mass is 28.3. The molecule has 34 heavy (non-hydrogen) atoms. The molecular weight excluding hydrogens is 440 g/mol. The summed E-state index contributed by atoms with van der Waals surface area (Å²) in [7, 11) is -2.06. The van der Waals surface area contributed by atoms with Gasteiger partial charge in [0.05, 0.1) is 19.9 Å². The van der Waals surface area contributed by atoms with Crippen LogP contribution in [0.1, 0.15) is 25.7 Å². The van der Waals surface area contributed by atoms with Crippen LogP contribution in [0, 0.1) is 22.7 Å². The van der Waals surface area contributed by atoms with Gasteiger partial charge in [0.25, 0.3) is 5.91 Å². The molecule has 0 aromatic heterocycles. The molecule has 6 nitrogen and oxygen atoms in total. The minimum Gasteiger partial charge on any atom is -0.324 e. The first-order chi connectivity index (χ1) is 16.3. The number of carbonyl (C=O) groups excluding carboxylic acids is 2. The molecule has 1 saturated carbocycles. The fourth-order valence-corrected chi connectivity index (χ4v) is 7.48. The van der Waals surface area contributed by atoms with Crippen LogP contribution in [0.25, 0.3) is 0 Å².